The van der Waals surface area contributed by atoms with E-state index in [9.17, 15) is 9.59 Å². The van der Waals surface area contributed by atoms with E-state index in [2.05, 4.69) is 5.32 Å². The number of hydrogen-bond donors (Lipinski definition) is 2. The van der Waals surface area contributed by atoms with Crippen LogP contribution in [0.4, 0.5) is 11.4 Å². The van der Waals surface area contributed by atoms with Crippen LogP contribution in [0.5, 0.6) is 0 Å². The highest BCUT2D eigenvalue weighted by Gasteiger charge is 2.36. The first-order valence-electron chi connectivity index (χ1n) is 8.00. The lowest BCUT2D eigenvalue weighted by molar-refractivity contribution is -0.135. The number of nitrogens with two attached hydrogens (primary N) is 1. The van der Waals surface area contributed by atoms with E-state index in [0.29, 0.717) is 12.2 Å². The van der Waals surface area contributed by atoms with Gasteiger partial charge >= 0.3 is 0 Å². The number of carbonyl (C=O) groups excluding carboxylic acids is 2. The Balaban J connectivity index is 1.64. The Hall–Kier alpha value is -2.04. The van der Waals surface area contributed by atoms with Gasteiger partial charge in [0.15, 0.2) is 0 Å². The molecule has 2 aliphatic rings. The van der Waals surface area contributed by atoms with Crippen LogP contribution in [-0.4, -0.2) is 29.8 Å². The minimum atomic E-state index is -0.128. The summed E-state index contributed by atoms with van der Waals surface area (Å²) in [6, 6.07) is 5.50. The van der Waals surface area contributed by atoms with Crippen molar-refractivity contribution in [1.82, 2.24) is 4.90 Å². The summed E-state index contributed by atoms with van der Waals surface area (Å²) >= 11 is 0. The molecule has 5 heteroatoms. The number of likely N-dealkylation sites (tertiary alicyclic amines) is 1. The number of nitrogens with zero attached hydrogens (tertiary/aromatic N) is 1. The van der Waals surface area contributed by atoms with Crippen molar-refractivity contribution >= 4 is 23.2 Å². The number of nitrogen functional groups attached to an aromatic ring is 1. The molecule has 1 aliphatic heterocycles. The van der Waals surface area contributed by atoms with Crippen LogP contribution >= 0.6 is 0 Å². The van der Waals surface area contributed by atoms with Crippen LogP contribution in [0.1, 0.15) is 31.2 Å². The van der Waals surface area contributed by atoms with Gasteiger partial charge in [-0.25, -0.2) is 0 Å². The highest BCUT2D eigenvalue weighted by Crippen LogP contribution is 2.32. The molecular weight excluding hydrogens is 278 g/mol. The van der Waals surface area contributed by atoms with Crippen molar-refractivity contribution in [2.75, 3.05) is 24.1 Å². The first-order chi connectivity index (χ1) is 10.5. The fourth-order valence-electron chi connectivity index (χ4n) is 2.99. The van der Waals surface area contributed by atoms with Gasteiger partial charge in [0, 0.05) is 30.4 Å². The number of benzene rings is 1. The molecule has 2 fully saturated rings. The number of rotatable bonds is 3. The van der Waals surface area contributed by atoms with Crippen molar-refractivity contribution in [3.63, 3.8) is 0 Å². The van der Waals surface area contributed by atoms with Gasteiger partial charge in [0.05, 0.1) is 5.92 Å². The number of nitrogens with one attached hydrogen (secondary N) is 1. The molecule has 1 aliphatic carbocycles. The molecule has 1 aromatic rings. The SMILES string of the molecule is Cc1ccc(N)cc1NC(=O)C1CCCN(C(=O)C2CC2)C1. The molecule has 3 rings (SSSR count). The summed E-state index contributed by atoms with van der Waals surface area (Å²) < 4.78 is 0. The van der Waals surface area contributed by atoms with Crippen molar-refractivity contribution < 1.29 is 9.59 Å². The predicted molar refractivity (Wildman–Crippen MR) is 86.2 cm³/mol. The second-order valence-corrected chi connectivity index (χ2v) is 6.46. The van der Waals surface area contributed by atoms with Gasteiger partial charge in [-0.1, -0.05) is 6.07 Å². The number of piperidine rings is 1. The number of amides is 2. The van der Waals surface area contributed by atoms with Crippen molar-refractivity contribution in [2.24, 2.45) is 11.8 Å². The highest BCUT2D eigenvalue weighted by molar-refractivity contribution is 5.94. The van der Waals surface area contributed by atoms with Crippen LogP contribution in [0.2, 0.25) is 0 Å². The number of aryl methyl sites for hydroxylation is 1. The van der Waals surface area contributed by atoms with Crippen molar-refractivity contribution in [1.29, 1.82) is 0 Å². The van der Waals surface area contributed by atoms with Gasteiger partial charge in [0.1, 0.15) is 0 Å². The second kappa shape index (κ2) is 5.99. The Morgan fingerprint density at radius 1 is 1.23 bits per heavy atom. The standard InChI is InChI=1S/C17H23N3O2/c1-11-4-7-14(18)9-15(11)19-16(21)13-3-2-8-20(10-13)17(22)12-5-6-12/h4,7,9,12-13H,2-3,5-6,8,10,18H2,1H3,(H,19,21). The van der Waals surface area contributed by atoms with Gasteiger partial charge in [-0.05, 0) is 50.3 Å². The highest BCUT2D eigenvalue weighted by atomic mass is 16.2. The van der Waals surface area contributed by atoms with E-state index in [-0.39, 0.29) is 23.7 Å². The van der Waals surface area contributed by atoms with Gasteiger partial charge in [-0.3, -0.25) is 9.59 Å². The van der Waals surface area contributed by atoms with Crippen LogP contribution in [0.15, 0.2) is 18.2 Å². The maximum atomic E-state index is 12.5. The van der Waals surface area contributed by atoms with E-state index < -0.39 is 0 Å². The number of hydrogen-bond acceptors (Lipinski definition) is 3. The third-order valence-corrected chi connectivity index (χ3v) is 4.55. The minimum absolute atomic E-state index is 0.0120. The van der Waals surface area contributed by atoms with Gasteiger partial charge in [-0.15, -0.1) is 0 Å². The lowest BCUT2D eigenvalue weighted by Gasteiger charge is -2.32. The summed E-state index contributed by atoms with van der Waals surface area (Å²) in [5, 5.41) is 2.97. The van der Waals surface area contributed by atoms with Gasteiger partial charge < -0.3 is 16.0 Å². The lowest BCUT2D eigenvalue weighted by atomic mass is 9.96. The minimum Gasteiger partial charge on any atom is -0.399 e. The zero-order valence-electron chi connectivity index (χ0n) is 13.0. The topological polar surface area (TPSA) is 75.4 Å². The predicted octanol–water partition coefficient (Wildman–Crippen LogP) is 2.16. The summed E-state index contributed by atoms with van der Waals surface area (Å²) in [5.41, 5.74) is 8.16. The maximum Gasteiger partial charge on any atom is 0.229 e. The fourth-order valence-corrected chi connectivity index (χ4v) is 2.99. The van der Waals surface area contributed by atoms with E-state index in [1.807, 2.05) is 24.0 Å². The molecule has 5 nitrogen and oxygen atoms in total. The Morgan fingerprint density at radius 2 is 2.00 bits per heavy atom. The molecular formula is C17H23N3O2. The number of anilines is 2. The molecule has 118 valence electrons. The quantitative estimate of drug-likeness (QED) is 0.840. The van der Waals surface area contributed by atoms with Crippen molar-refractivity contribution in [2.45, 2.75) is 32.6 Å². The monoisotopic (exact) mass is 301 g/mol. The summed E-state index contributed by atoms with van der Waals surface area (Å²) in [7, 11) is 0. The third-order valence-electron chi connectivity index (χ3n) is 4.55. The van der Waals surface area contributed by atoms with Gasteiger partial charge in [0.2, 0.25) is 11.8 Å². The second-order valence-electron chi connectivity index (χ2n) is 6.46. The van der Waals surface area contributed by atoms with Gasteiger partial charge in [-0.2, -0.15) is 0 Å². The van der Waals surface area contributed by atoms with Crippen molar-refractivity contribution in [3.05, 3.63) is 23.8 Å². The van der Waals surface area contributed by atoms with E-state index >= 15 is 0 Å². The molecule has 2 amide bonds. The average Bonchev–Trinajstić information content (AvgIpc) is 3.35. The molecule has 1 aromatic carbocycles. The molecule has 0 aromatic heterocycles. The Kier molecular flexibility index (Phi) is 4.05. The zero-order valence-corrected chi connectivity index (χ0v) is 13.0. The summed E-state index contributed by atoms with van der Waals surface area (Å²) in [5.74, 6) is 0.315. The van der Waals surface area contributed by atoms with Crippen LogP contribution < -0.4 is 11.1 Å². The lowest BCUT2D eigenvalue weighted by Crippen LogP contribution is -2.44. The van der Waals surface area contributed by atoms with E-state index in [0.717, 1.165) is 43.5 Å². The molecule has 1 atom stereocenters. The maximum absolute atomic E-state index is 12.5. The average molecular weight is 301 g/mol. The fraction of sp³-hybridized carbons (Fsp3) is 0.529. The summed E-state index contributed by atoms with van der Waals surface area (Å²) in [6.07, 6.45) is 3.75. The first kappa shape index (κ1) is 14.9. The number of carbonyl (C=O) groups is 2. The van der Waals surface area contributed by atoms with Crippen LogP contribution in [0.25, 0.3) is 0 Å². The molecule has 0 bridgehead atoms. The molecule has 22 heavy (non-hydrogen) atoms. The Morgan fingerprint density at radius 3 is 2.73 bits per heavy atom. The van der Waals surface area contributed by atoms with E-state index in [1.165, 1.54) is 0 Å². The smallest absolute Gasteiger partial charge is 0.229 e. The van der Waals surface area contributed by atoms with Gasteiger partial charge in [0.25, 0.3) is 0 Å². The summed E-state index contributed by atoms with van der Waals surface area (Å²) in [6.45, 7) is 3.28. The van der Waals surface area contributed by atoms with E-state index in [1.54, 1.807) is 6.07 Å². The zero-order chi connectivity index (χ0) is 15.7. The Labute approximate surface area is 130 Å². The summed E-state index contributed by atoms with van der Waals surface area (Å²) in [4.78, 5) is 26.5. The van der Waals surface area contributed by atoms with Crippen molar-refractivity contribution in [3.8, 4) is 0 Å². The third kappa shape index (κ3) is 3.24. The molecule has 1 unspecified atom stereocenters. The first-order valence-corrected chi connectivity index (χ1v) is 8.00. The van der Waals surface area contributed by atoms with Crippen LogP contribution in [0, 0.1) is 18.8 Å². The Bertz CT molecular complexity index is 596. The molecule has 1 heterocycles. The molecule has 1 saturated heterocycles. The van der Waals surface area contributed by atoms with Crippen LogP contribution in [0.3, 0.4) is 0 Å². The molecule has 1 saturated carbocycles. The molecule has 3 N–H and O–H groups in total. The van der Waals surface area contributed by atoms with Crippen LogP contribution in [-0.2, 0) is 9.59 Å². The van der Waals surface area contributed by atoms with E-state index in [4.69, 9.17) is 5.73 Å². The normalized spacial score (nSPS) is 21.5. The molecule has 0 spiro atoms. The molecule has 0 radical (unpaired) electrons. The largest absolute Gasteiger partial charge is 0.399 e.